The Morgan fingerprint density at radius 3 is 2.47 bits per heavy atom. The third-order valence-electron chi connectivity index (χ3n) is 5.47. The molecule has 2 atom stereocenters. The Hall–Kier alpha value is -2.47. The number of carboxylic acid groups (broad SMARTS) is 1. The number of carboxylic acids is 1. The van der Waals surface area contributed by atoms with Crippen molar-refractivity contribution in [3.05, 3.63) is 71.7 Å². The van der Waals surface area contributed by atoms with Crippen LogP contribution in [0.3, 0.4) is 0 Å². The standard InChI is InChI=1S/C25H24FNO4.Zn/c26-17-9-7-15(8-10-17)24-20-3-1-2-4-22(20)27-25(16-5-6-16)21(24)12-11-18(28)13-19(29)14-23(30)31;/h1-4,7-12,16,18-19,28-29H,5-6,13-14H2,(H,30,31);/q;+2/b12-11+;/t18-,19-;/m1./s1. The van der Waals surface area contributed by atoms with Crippen molar-refractivity contribution in [1.29, 1.82) is 0 Å². The number of rotatable bonds is 8. The molecule has 3 aromatic rings. The smallest absolute Gasteiger partial charge is 0.481 e. The van der Waals surface area contributed by atoms with E-state index >= 15 is 0 Å². The van der Waals surface area contributed by atoms with E-state index in [1.807, 2.05) is 24.3 Å². The predicted octanol–water partition coefficient (Wildman–Crippen LogP) is 4.52. The molecule has 0 radical (unpaired) electrons. The summed E-state index contributed by atoms with van der Waals surface area (Å²) >= 11 is 0. The summed E-state index contributed by atoms with van der Waals surface area (Å²) in [5.41, 5.74) is 4.43. The summed E-state index contributed by atoms with van der Waals surface area (Å²) in [5.74, 6) is -1.10. The number of hydrogen-bond donors (Lipinski definition) is 3. The molecule has 1 aliphatic carbocycles. The fourth-order valence-corrected chi connectivity index (χ4v) is 3.86. The summed E-state index contributed by atoms with van der Waals surface area (Å²) in [6.45, 7) is 0. The van der Waals surface area contributed by atoms with Crippen molar-refractivity contribution in [2.24, 2.45) is 0 Å². The van der Waals surface area contributed by atoms with E-state index in [0.29, 0.717) is 5.92 Å². The van der Waals surface area contributed by atoms with Crippen LogP contribution in [0.15, 0.2) is 54.6 Å². The second-order valence-electron chi connectivity index (χ2n) is 8.00. The van der Waals surface area contributed by atoms with Crippen LogP contribution in [0.2, 0.25) is 0 Å². The SMILES string of the molecule is O=C(O)C[C@H](O)C[C@H](O)/C=C/c1c(C2CC2)nc2ccccc2c1-c1ccc(F)cc1.[Zn+2]. The Morgan fingerprint density at radius 2 is 1.81 bits per heavy atom. The molecule has 0 saturated heterocycles. The maximum absolute atomic E-state index is 13.6. The first kappa shape index (κ1) is 24.2. The van der Waals surface area contributed by atoms with Gasteiger partial charge in [-0.3, -0.25) is 9.78 Å². The van der Waals surface area contributed by atoms with E-state index in [0.717, 1.165) is 46.1 Å². The summed E-state index contributed by atoms with van der Waals surface area (Å²) in [5, 5.41) is 29.9. The van der Waals surface area contributed by atoms with Crippen LogP contribution in [-0.2, 0) is 24.3 Å². The molecule has 0 aliphatic heterocycles. The maximum Gasteiger partial charge on any atom is 2.00 e. The summed E-state index contributed by atoms with van der Waals surface area (Å²) < 4.78 is 13.6. The number of hydrogen-bond acceptors (Lipinski definition) is 4. The van der Waals surface area contributed by atoms with E-state index in [9.17, 15) is 19.4 Å². The van der Waals surface area contributed by atoms with Crippen molar-refractivity contribution < 1.29 is 44.0 Å². The summed E-state index contributed by atoms with van der Waals surface area (Å²) in [6.07, 6.45) is 2.80. The second kappa shape index (κ2) is 10.4. The Balaban J connectivity index is 0.00000289. The first-order chi connectivity index (χ1) is 14.9. The zero-order chi connectivity index (χ0) is 22.0. The van der Waals surface area contributed by atoms with Gasteiger partial charge in [-0.15, -0.1) is 0 Å². The number of aromatic nitrogens is 1. The normalized spacial score (nSPS) is 15.5. The molecular formula is C25H24FNO4Zn+2. The van der Waals surface area contributed by atoms with E-state index in [2.05, 4.69) is 0 Å². The van der Waals surface area contributed by atoms with Crippen LogP contribution in [0.1, 0.15) is 42.9 Å². The minimum Gasteiger partial charge on any atom is -0.481 e. The van der Waals surface area contributed by atoms with Gasteiger partial charge in [-0.2, -0.15) is 0 Å². The van der Waals surface area contributed by atoms with Gasteiger partial charge in [0.05, 0.1) is 29.8 Å². The molecule has 0 amide bonds. The molecule has 0 bridgehead atoms. The first-order valence-corrected chi connectivity index (χ1v) is 10.4. The molecule has 1 aromatic heterocycles. The molecule has 1 heterocycles. The number of pyridine rings is 1. The van der Waals surface area contributed by atoms with Gasteiger partial charge >= 0.3 is 25.4 Å². The summed E-state index contributed by atoms with van der Waals surface area (Å²) in [6, 6.07) is 14.1. The van der Waals surface area contributed by atoms with Crippen LogP contribution < -0.4 is 0 Å². The van der Waals surface area contributed by atoms with Crippen LogP contribution in [0.5, 0.6) is 0 Å². The molecule has 160 valence electrons. The van der Waals surface area contributed by atoms with E-state index < -0.39 is 24.6 Å². The topological polar surface area (TPSA) is 90.7 Å². The molecule has 1 aliphatic rings. The Bertz CT molecular complexity index is 1130. The molecule has 1 saturated carbocycles. The number of aliphatic hydroxyl groups excluding tert-OH is 2. The van der Waals surface area contributed by atoms with Crippen molar-refractivity contribution in [2.45, 2.75) is 43.8 Å². The number of halogens is 1. The number of nitrogens with zero attached hydrogens (tertiary/aromatic N) is 1. The van der Waals surface area contributed by atoms with Crippen LogP contribution in [-0.4, -0.2) is 38.5 Å². The molecule has 0 spiro atoms. The predicted molar refractivity (Wildman–Crippen MR) is 117 cm³/mol. The van der Waals surface area contributed by atoms with Crippen LogP contribution >= 0.6 is 0 Å². The van der Waals surface area contributed by atoms with E-state index in [4.69, 9.17) is 10.1 Å². The minimum absolute atomic E-state index is 0. The van der Waals surface area contributed by atoms with Gasteiger partial charge in [-0.05, 0) is 36.6 Å². The van der Waals surface area contributed by atoms with Gasteiger partial charge in [0.25, 0.3) is 0 Å². The van der Waals surface area contributed by atoms with Crippen LogP contribution in [0.25, 0.3) is 28.1 Å². The van der Waals surface area contributed by atoms with Crippen molar-refractivity contribution in [2.75, 3.05) is 0 Å². The molecule has 3 N–H and O–H groups in total. The third kappa shape index (κ3) is 5.66. The fourth-order valence-electron chi connectivity index (χ4n) is 3.86. The first-order valence-electron chi connectivity index (χ1n) is 10.4. The monoisotopic (exact) mass is 485 g/mol. The molecule has 5 nitrogen and oxygen atoms in total. The van der Waals surface area contributed by atoms with E-state index in [1.165, 1.54) is 12.1 Å². The average Bonchev–Trinajstić information content (AvgIpc) is 3.56. The van der Waals surface area contributed by atoms with Crippen molar-refractivity contribution >= 4 is 22.9 Å². The molecule has 1 fully saturated rings. The molecular weight excluding hydrogens is 463 g/mol. The van der Waals surface area contributed by atoms with Gasteiger partial charge in [0.1, 0.15) is 5.82 Å². The number of para-hydroxylation sites is 1. The quantitative estimate of drug-likeness (QED) is 0.407. The van der Waals surface area contributed by atoms with Crippen LogP contribution in [0.4, 0.5) is 4.39 Å². The van der Waals surface area contributed by atoms with Crippen molar-refractivity contribution in [3.63, 3.8) is 0 Å². The van der Waals surface area contributed by atoms with Gasteiger partial charge in [-0.25, -0.2) is 4.39 Å². The minimum atomic E-state index is -1.13. The number of carbonyl (C=O) groups is 1. The number of aliphatic carboxylic acids is 1. The third-order valence-corrected chi connectivity index (χ3v) is 5.47. The van der Waals surface area contributed by atoms with Gasteiger partial charge in [0, 0.05) is 28.9 Å². The summed E-state index contributed by atoms with van der Waals surface area (Å²) in [4.78, 5) is 15.6. The summed E-state index contributed by atoms with van der Waals surface area (Å²) in [7, 11) is 0. The van der Waals surface area contributed by atoms with Gasteiger partial charge in [0.15, 0.2) is 0 Å². The Morgan fingerprint density at radius 1 is 1.12 bits per heavy atom. The maximum atomic E-state index is 13.6. The zero-order valence-corrected chi connectivity index (χ0v) is 20.6. The van der Waals surface area contributed by atoms with Crippen molar-refractivity contribution in [1.82, 2.24) is 4.98 Å². The van der Waals surface area contributed by atoms with Crippen LogP contribution in [0, 0.1) is 5.82 Å². The Labute approximate surface area is 198 Å². The Kier molecular flexibility index (Phi) is 7.88. The number of aliphatic hydroxyl groups is 2. The molecule has 0 unspecified atom stereocenters. The van der Waals surface area contributed by atoms with Gasteiger partial charge in [-0.1, -0.05) is 42.5 Å². The van der Waals surface area contributed by atoms with E-state index in [-0.39, 0.29) is 31.7 Å². The molecule has 4 rings (SSSR count). The van der Waals surface area contributed by atoms with E-state index in [1.54, 1.807) is 24.3 Å². The second-order valence-corrected chi connectivity index (χ2v) is 8.00. The zero-order valence-electron chi connectivity index (χ0n) is 17.6. The molecule has 32 heavy (non-hydrogen) atoms. The van der Waals surface area contributed by atoms with Gasteiger partial charge < -0.3 is 15.3 Å². The van der Waals surface area contributed by atoms with Gasteiger partial charge in [0.2, 0.25) is 0 Å². The fraction of sp³-hybridized carbons (Fsp3) is 0.280. The molecule has 7 heteroatoms. The average molecular weight is 487 g/mol. The number of benzene rings is 2. The number of fused-ring (bicyclic) bond motifs is 1. The van der Waals surface area contributed by atoms with Crippen molar-refractivity contribution in [3.8, 4) is 11.1 Å². The largest absolute Gasteiger partial charge is 2.00 e. The molecule has 2 aromatic carbocycles.